The van der Waals surface area contributed by atoms with Crippen LogP contribution in [-0.2, 0) is 6.42 Å². The summed E-state index contributed by atoms with van der Waals surface area (Å²) in [6, 6.07) is 0. The third-order valence-corrected chi connectivity index (χ3v) is 2.44. The average molecular weight is 208 g/mol. The van der Waals surface area contributed by atoms with Crippen LogP contribution in [0.25, 0.3) is 0 Å². The first-order chi connectivity index (χ1) is 7.10. The highest BCUT2D eigenvalue weighted by molar-refractivity contribution is 5.56. The molecule has 1 aromatic heterocycles. The van der Waals surface area contributed by atoms with Crippen LogP contribution in [0.5, 0.6) is 0 Å². The van der Waals surface area contributed by atoms with E-state index in [1.54, 1.807) is 0 Å². The van der Waals surface area contributed by atoms with Gasteiger partial charge >= 0.3 is 0 Å². The highest BCUT2D eigenvalue weighted by atomic mass is 15.2. The van der Waals surface area contributed by atoms with Gasteiger partial charge in [0.2, 0.25) is 0 Å². The van der Waals surface area contributed by atoms with Crippen molar-refractivity contribution >= 4 is 11.6 Å². The van der Waals surface area contributed by atoms with Crippen molar-refractivity contribution in [3.63, 3.8) is 0 Å². The van der Waals surface area contributed by atoms with Crippen molar-refractivity contribution in [1.82, 2.24) is 9.97 Å². The lowest BCUT2D eigenvalue weighted by Gasteiger charge is -2.20. The monoisotopic (exact) mass is 208 g/mol. The largest absolute Gasteiger partial charge is 0.383 e. The molecule has 0 radical (unpaired) electrons. The Morgan fingerprint density at radius 1 is 1.27 bits per heavy atom. The normalized spacial score (nSPS) is 10.4. The Labute approximate surface area is 91.5 Å². The minimum atomic E-state index is 0.597. The third-order valence-electron chi connectivity index (χ3n) is 2.44. The van der Waals surface area contributed by atoms with Crippen molar-refractivity contribution < 1.29 is 0 Å². The van der Waals surface area contributed by atoms with Gasteiger partial charge in [-0.3, -0.25) is 0 Å². The number of nitrogens with zero attached hydrogens (tertiary/aromatic N) is 3. The molecule has 0 saturated heterocycles. The maximum absolute atomic E-state index is 5.85. The van der Waals surface area contributed by atoms with Crippen LogP contribution in [0.4, 0.5) is 11.6 Å². The summed E-state index contributed by atoms with van der Waals surface area (Å²) in [4.78, 5) is 10.9. The van der Waals surface area contributed by atoms with Gasteiger partial charge < -0.3 is 10.6 Å². The fraction of sp³-hybridized carbons (Fsp3) is 0.636. The lowest BCUT2D eigenvalue weighted by molar-refractivity contribution is 0.816. The van der Waals surface area contributed by atoms with Gasteiger partial charge in [0.25, 0.3) is 0 Å². The summed E-state index contributed by atoms with van der Waals surface area (Å²) >= 11 is 0. The van der Waals surface area contributed by atoms with Crippen molar-refractivity contribution in [3.8, 4) is 0 Å². The summed E-state index contributed by atoms with van der Waals surface area (Å²) in [7, 11) is 2.04. The van der Waals surface area contributed by atoms with E-state index < -0.39 is 0 Å². The van der Waals surface area contributed by atoms with Crippen molar-refractivity contribution in [2.24, 2.45) is 0 Å². The molecule has 2 N–H and O–H groups in total. The molecule has 0 aliphatic rings. The van der Waals surface area contributed by atoms with Crippen LogP contribution in [0.3, 0.4) is 0 Å². The van der Waals surface area contributed by atoms with Crippen LogP contribution in [0.2, 0.25) is 0 Å². The van der Waals surface area contributed by atoms with Crippen LogP contribution in [-0.4, -0.2) is 23.6 Å². The van der Waals surface area contributed by atoms with E-state index in [1.807, 2.05) is 20.9 Å². The Balaban J connectivity index is 3.09. The van der Waals surface area contributed by atoms with Crippen molar-refractivity contribution in [2.75, 3.05) is 24.2 Å². The molecule has 1 heterocycles. The minimum absolute atomic E-state index is 0.597. The van der Waals surface area contributed by atoms with E-state index in [1.165, 1.54) is 0 Å². The van der Waals surface area contributed by atoms with Crippen molar-refractivity contribution in [3.05, 3.63) is 11.4 Å². The fourth-order valence-corrected chi connectivity index (χ4v) is 1.54. The molecule has 0 aromatic carbocycles. The predicted molar refractivity (Wildman–Crippen MR) is 64.1 cm³/mol. The molecule has 0 bridgehead atoms. The molecular formula is C11H20N4. The van der Waals surface area contributed by atoms with E-state index in [-0.39, 0.29) is 0 Å². The number of nitrogen functional groups attached to an aromatic ring is 1. The molecule has 4 heteroatoms. The highest BCUT2D eigenvalue weighted by Gasteiger charge is 2.10. The molecule has 0 saturated carbocycles. The topological polar surface area (TPSA) is 55.0 Å². The first-order valence-electron chi connectivity index (χ1n) is 5.44. The van der Waals surface area contributed by atoms with Crippen molar-refractivity contribution in [2.45, 2.75) is 33.6 Å². The standard InChI is InChI=1S/C11H20N4/c1-5-7-15(4)11-8(3)10(12)13-9(6-2)14-11/h5-7H2,1-4H3,(H2,12,13,14). The van der Waals surface area contributed by atoms with Gasteiger partial charge in [-0.1, -0.05) is 13.8 Å². The Kier molecular flexibility index (Phi) is 3.88. The molecule has 0 unspecified atom stereocenters. The number of aryl methyl sites for hydroxylation is 1. The second-order valence-corrected chi connectivity index (χ2v) is 3.75. The lowest BCUT2D eigenvalue weighted by atomic mass is 10.2. The van der Waals surface area contributed by atoms with Crippen LogP contribution in [0.1, 0.15) is 31.7 Å². The number of anilines is 2. The molecule has 0 aliphatic carbocycles. The van der Waals surface area contributed by atoms with Crippen LogP contribution in [0, 0.1) is 6.92 Å². The highest BCUT2D eigenvalue weighted by Crippen LogP contribution is 2.20. The molecule has 15 heavy (non-hydrogen) atoms. The number of hydrogen-bond donors (Lipinski definition) is 1. The Morgan fingerprint density at radius 2 is 1.93 bits per heavy atom. The summed E-state index contributed by atoms with van der Waals surface area (Å²) in [6.07, 6.45) is 1.92. The van der Waals surface area contributed by atoms with E-state index >= 15 is 0 Å². The minimum Gasteiger partial charge on any atom is -0.383 e. The van der Waals surface area contributed by atoms with Crippen LogP contribution in [0.15, 0.2) is 0 Å². The maximum atomic E-state index is 5.85. The van der Waals surface area contributed by atoms with Crippen molar-refractivity contribution in [1.29, 1.82) is 0 Å². The number of hydrogen-bond acceptors (Lipinski definition) is 4. The molecular weight excluding hydrogens is 188 g/mol. The predicted octanol–water partition coefficient (Wildman–Crippen LogP) is 1.78. The van der Waals surface area contributed by atoms with E-state index in [2.05, 4.69) is 21.8 Å². The smallest absolute Gasteiger partial charge is 0.137 e. The van der Waals surface area contributed by atoms with Gasteiger partial charge in [-0.25, -0.2) is 9.97 Å². The maximum Gasteiger partial charge on any atom is 0.137 e. The Bertz CT molecular complexity index is 336. The van der Waals surface area contributed by atoms with Gasteiger partial charge in [-0.05, 0) is 13.3 Å². The van der Waals surface area contributed by atoms with E-state index in [0.717, 1.165) is 36.6 Å². The zero-order chi connectivity index (χ0) is 11.4. The first-order valence-corrected chi connectivity index (χ1v) is 5.44. The molecule has 4 nitrogen and oxygen atoms in total. The van der Waals surface area contributed by atoms with Gasteiger partial charge in [0.05, 0.1) is 0 Å². The second kappa shape index (κ2) is 4.96. The third kappa shape index (κ3) is 2.58. The molecule has 84 valence electrons. The zero-order valence-electron chi connectivity index (χ0n) is 10.0. The first kappa shape index (κ1) is 11.8. The number of aromatic nitrogens is 2. The SMILES string of the molecule is CCCN(C)c1nc(CC)nc(N)c1C. The molecule has 1 aromatic rings. The number of rotatable bonds is 4. The second-order valence-electron chi connectivity index (χ2n) is 3.75. The van der Waals surface area contributed by atoms with Crippen LogP contribution >= 0.6 is 0 Å². The van der Waals surface area contributed by atoms with E-state index in [9.17, 15) is 0 Å². The Hall–Kier alpha value is -1.32. The average Bonchev–Trinajstić information content (AvgIpc) is 2.22. The molecule has 0 fully saturated rings. The molecule has 0 aliphatic heterocycles. The van der Waals surface area contributed by atoms with Crippen LogP contribution < -0.4 is 10.6 Å². The summed E-state index contributed by atoms with van der Waals surface area (Å²) in [6.45, 7) is 7.14. The zero-order valence-corrected chi connectivity index (χ0v) is 10.0. The van der Waals surface area contributed by atoms with Gasteiger partial charge in [0.1, 0.15) is 17.5 Å². The molecule has 0 amide bonds. The molecule has 0 spiro atoms. The van der Waals surface area contributed by atoms with Gasteiger partial charge in [0, 0.05) is 25.6 Å². The quantitative estimate of drug-likeness (QED) is 0.819. The van der Waals surface area contributed by atoms with Gasteiger partial charge in [-0.2, -0.15) is 0 Å². The van der Waals surface area contributed by atoms with Gasteiger partial charge in [-0.15, -0.1) is 0 Å². The molecule has 0 atom stereocenters. The lowest BCUT2D eigenvalue weighted by Crippen LogP contribution is -2.22. The molecule has 1 rings (SSSR count). The Morgan fingerprint density at radius 3 is 2.47 bits per heavy atom. The summed E-state index contributed by atoms with van der Waals surface area (Å²) in [5.74, 6) is 2.37. The number of nitrogens with two attached hydrogens (primary N) is 1. The van der Waals surface area contributed by atoms with E-state index in [4.69, 9.17) is 5.73 Å². The fourth-order valence-electron chi connectivity index (χ4n) is 1.54. The summed E-state index contributed by atoms with van der Waals surface area (Å²) < 4.78 is 0. The van der Waals surface area contributed by atoms with E-state index in [0.29, 0.717) is 5.82 Å². The summed E-state index contributed by atoms with van der Waals surface area (Å²) in [5.41, 5.74) is 6.83. The van der Waals surface area contributed by atoms with Gasteiger partial charge in [0.15, 0.2) is 0 Å². The summed E-state index contributed by atoms with van der Waals surface area (Å²) in [5, 5.41) is 0.